The Morgan fingerprint density at radius 2 is 2.04 bits per heavy atom. The molecule has 3 aromatic rings. The van der Waals surface area contributed by atoms with Crippen LogP contribution in [0.4, 0.5) is 9.52 Å². The van der Waals surface area contributed by atoms with Crippen molar-refractivity contribution in [1.29, 1.82) is 0 Å². The molecule has 1 aromatic heterocycles. The second kappa shape index (κ2) is 8.39. The number of benzene rings is 2. The number of anilines is 1. The van der Waals surface area contributed by atoms with Gasteiger partial charge in [0.05, 0.1) is 12.2 Å². The van der Waals surface area contributed by atoms with E-state index in [0.717, 1.165) is 23.2 Å². The maximum Gasteiger partial charge on any atom is 0.258 e. The van der Waals surface area contributed by atoms with Crippen LogP contribution in [0.25, 0.3) is 11.3 Å². The van der Waals surface area contributed by atoms with E-state index < -0.39 is 6.10 Å². The van der Waals surface area contributed by atoms with Gasteiger partial charge in [0.2, 0.25) is 0 Å². The molecular formula is C21H18ClFN2O2S. The summed E-state index contributed by atoms with van der Waals surface area (Å²) in [5, 5.41) is 3.06. The Labute approximate surface area is 171 Å². The van der Waals surface area contributed by atoms with Crippen molar-refractivity contribution in [3.8, 4) is 11.3 Å². The second-order valence-electron chi connectivity index (χ2n) is 6.55. The summed E-state index contributed by atoms with van der Waals surface area (Å²) in [5.41, 5.74) is 2.36. The fourth-order valence-electron chi connectivity index (χ4n) is 3.14. The van der Waals surface area contributed by atoms with E-state index in [4.69, 9.17) is 16.3 Å². The predicted octanol–water partition coefficient (Wildman–Crippen LogP) is 5.31. The van der Waals surface area contributed by atoms with Crippen LogP contribution in [0.3, 0.4) is 0 Å². The highest BCUT2D eigenvalue weighted by molar-refractivity contribution is 7.14. The quantitative estimate of drug-likeness (QED) is 0.565. The first-order chi connectivity index (χ1) is 13.6. The third-order valence-corrected chi connectivity index (χ3v) is 5.79. The number of hydrogen-bond acceptors (Lipinski definition) is 4. The number of hydrogen-bond donors (Lipinski definition) is 0. The Hall–Kier alpha value is -2.28. The number of nitrogens with zero attached hydrogens (tertiary/aromatic N) is 2. The lowest BCUT2D eigenvalue weighted by molar-refractivity contribution is -0.127. The van der Waals surface area contributed by atoms with Gasteiger partial charge >= 0.3 is 0 Å². The van der Waals surface area contributed by atoms with Gasteiger partial charge in [0.1, 0.15) is 11.9 Å². The minimum absolute atomic E-state index is 0.123. The number of carbonyl (C=O) groups is 1. The molecule has 2 aromatic carbocycles. The van der Waals surface area contributed by atoms with Crippen LogP contribution in [-0.2, 0) is 16.1 Å². The fraction of sp³-hybridized carbons (Fsp3) is 0.238. The van der Waals surface area contributed by atoms with Gasteiger partial charge in [0, 0.05) is 22.6 Å². The summed E-state index contributed by atoms with van der Waals surface area (Å²) in [6.45, 7) is 0.887. The van der Waals surface area contributed by atoms with Gasteiger partial charge in [0.25, 0.3) is 5.91 Å². The molecule has 144 valence electrons. The van der Waals surface area contributed by atoms with Crippen LogP contribution >= 0.6 is 22.9 Å². The topological polar surface area (TPSA) is 42.4 Å². The number of halogens is 2. The van der Waals surface area contributed by atoms with Crippen molar-refractivity contribution in [2.45, 2.75) is 25.5 Å². The van der Waals surface area contributed by atoms with Crippen LogP contribution in [0.15, 0.2) is 53.9 Å². The van der Waals surface area contributed by atoms with Crippen LogP contribution in [0.1, 0.15) is 18.4 Å². The van der Waals surface area contributed by atoms with E-state index in [1.165, 1.54) is 23.5 Å². The molecule has 1 aliphatic heterocycles. The van der Waals surface area contributed by atoms with Crippen molar-refractivity contribution >= 4 is 34.0 Å². The van der Waals surface area contributed by atoms with E-state index in [9.17, 15) is 9.18 Å². The molecule has 1 aliphatic rings. The number of rotatable bonds is 5. The maximum atomic E-state index is 13.3. The molecule has 0 unspecified atom stereocenters. The molecule has 1 fully saturated rings. The van der Waals surface area contributed by atoms with Crippen LogP contribution in [0.2, 0.25) is 5.02 Å². The Morgan fingerprint density at radius 3 is 2.75 bits per heavy atom. The third kappa shape index (κ3) is 4.09. The molecule has 7 heteroatoms. The van der Waals surface area contributed by atoms with Crippen molar-refractivity contribution in [1.82, 2.24) is 4.98 Å². The summed E-state index contributed by atoms with van der Waals surface area (Å²) in [6, 6.07) is 13.6. The Kier molecular flexibility index (Phi) is 5.71. The lowest BCUT2D eigenvalue weighted by atomic mass is 10.1. The predicted molar refractivity (Wildman–Crippen MR) is 109 cm³/mol. The monoisotopic (exact) mass is 416 g/mol. The van der Waals surface area contributed by atoms with E-state index in [2.05, 4.69) is 4.98 Å². The number of carbonyl (C=O) groups excluding carboxylic acids is 1. The van der Waals surface area contributed by atoms with Gasteiger partial charge < -0.3 is 4.74 Å². The van der Waals surface area contributed by atoms with Crippen molar-refractivity contribution in [3.63, 3.8) is 0 Å². The molecule has 28 heavy (non-hydrogen) atoms. The highest BCUT2D eigenvalue weighted by Crippen LogP contribution is 2.33. The smallest absolute Gasteiger partial charge is 0.258 e. The van der Waals surface area contributed by atoms with Crippen LogP contribution < -0.4 is 4.90 Å². The van der Waals surface area contributed by atoms with Gasteiger partial charge in [-0.3, -0.25) is 9.69 Å². The van der Waals surface area contributed by atoms with E-state index >= 15 is 0 Å². The normalized spacial score (nSPS) is 16.3. The first kappa shape index (κ1) is 19.1. The van der Waals surface area contributed by atoms with Gasteiger partial charge in [-0.2, -0.15) is 0 Å². The Morgan fingerprint density at radius 1 is 1.25 bits per heavy atom. The molecule has 0 radical (unpaired) electrons. The number of aromatic nitrogens is 1. The van der Waals surface area contributed by atoms with E-state index in [0.29, 0.717) is 29.7 Å². The molecule has 0 aliphatic carbocycles. The molecule has 1 saturated heterocycles. The molecule has 0 saturated carbocycles. The van der Waals surface area contributed by atoms with Gasteiger partial charge in [-0.25, -0.2) is 9.37 Å². The van der Waals surface area contributed by atoms with Crippen molar-refractivity contribution in [3.05, 3.63) is 70.3 Å². The standard InChI is InChI=1S/C21H18ClFN2O2S/c22-17-5-2-1-4-16(17)18-13-28-21(24-18)25(20(26)19-6-3-11-27-19)12-14-7-9-15(23)10-8-14/h1-2,4-5,7-10,13,19H,3,6,11-12H2/t19-/m0/s1. The molecule has 0 spiro atoms. The number of thiazole rings is 1. The summed E-state index contributed by atoms with van der Waals surface area (Å²) < 4.78 is 18.8. The molecular weight excluding hydrogens is 399 g/mol. The molecule has 2 heterocycles. The van der Waals surface area contributed by atoms with Crippen molar-refractivity contribution in [2.24, 2.45) is 0 Å². The van der Waals surface area contributed by atoms with Gasteiger partial charge in [-0.05, 0) is 36.6 Å². The molecule has 1 amide bonds. The summed E-state index contributed by atoms with van der Waals surface area (Å²) in [6.07, 6.45) is 1.10. The molecule has 4 rings (SSSR count). The van der Waals surface area contributed by atoms with Crippen LogP contribution in [0, 0.1) is 5.82 Å². The summed E-state index contributed by atoms with van der Waals surface area (Å²) in [5.74, 6) is -0.433. The maximum absolute atomic E-state index is 13.3. The van der Waals surface area contributed by atoms with Gasteiger partial charge in [0.15, 0.2) is 5.13 Å². The van der Waals surface area contributed by atoms with E-state index in [-0.39, 0.29) is 11.7 Å². The highest BCUT2D eigenvalue weighted by atomic mass is 35.5. The fourth-order valence-corrected chi connectivity index (χ4v) is 4.20. The summed E-state index contributed by atoms with van der Waals surface area (Å²) in [4.78, 5) is 19.4. The van der Waals surface area contributed by atoms with Gasteiger partial charge in [-0.1, -0.05) is 41.9 Å². The third-order valence-electron chi connectivity index (χ3n) is 4.60. The van der Waals surface area contributed by atoms with E-state index in [1.807, 2.05) is 29.6 Å². The zero-order valence-corrected chi connectivity index (χ0v) is 16.5. The van der Waals surface area contributed by atoms with Gasteiger partial charge in [-0.15, -0.1) is 11.3 Å². The molecule has 0 bridgehead atoms. The minimum atomic E-state index is -0.465. The first-order valence-electron chi connectivity index (χ1n) is 8.99. The summed E-state index contributed by atoms with van der Waals surface area (Å²) >= 11 is 7.66. The number of ether oxygens (including phenoxy) is 1. The Bertz CT molecular complexity index is 971. The number of amides is 1. The van der Waals surface area contributed by atoms with Crippen LogP contribution in [-0.4, -0.2) is 23.6 Å². The largest absolute Gasteiger partial charge is 0.368 e. The lowest BCUT2D eigenvalue weighted by Gasteiger charge is -2.23. The lowest BCUT2D eigenvalue weighted by Crippen LogP contribution is -2.38. The highest BCUT2D eigenvalue weighted by Gasteiger charge is 2.31. The Balaban J connectivity index is 1.65. The van der Waals surface area contributed by atoms with Crippen molar-refractivity contribution in [2.75, 3.05) is 11.5 Å². The molecule has 4 nitrogen and oxygen atoms in total. The molecule has 1 atom stereocenters. The minimum Gasteiger partial charge on any atom is -0.368 e. The SMILES string of the molecule is O=C([C@@H]1CCCO1)N(Cc1ccc(F)cc1)c1nc(-c2ccccc2Cl)cs1. The van der Waals surface area contributed by atoms with Crippen LogP contribution in [0.5, 0.6) is 0 Å². The van der Waals surface area contributed by atoms with Crippen molar-refractivity contribution < 1.29 is 13.9 Å². The average molecular weight is 417 g/mol. The summed E-state index contributed by atoms with van der Waals surface area (Å²) in [7, 11) is 0. The van der Waals surface area contributed by atoms with E-state index in [1.54, 1.807) is 17.0 Å². The second-order valence-corrected chi connectivity index (χ2v) is 7.79. The zero-order chi connectivity index (χ0) is 19.5. The first-order valence-corrected chi connectivity index (χ1v) is 10.3. The average Bonchev–Trinajstić information content (AvgIpc) is 3.40. The zero-order valence-electron chi connectivity index (χ0n) is 15.0. The molecule has 0 N–H and O–H groups in total.